The van der Waals surface area contributed by atoms with Crippen LogP contribution in [0.25, 0.3) is 10.8 Å². The first-order valence-corrected chi connectivity index (χ1v) is 12.1. The topological polar surface area (TPSA) is 45.1 Å². The average molecular weight is 530 g/mol. The van der Waals surface area contributed by atoms with Gasteiger partial charge in [0.15, 0.2) is 0 Å². The quantitative estimate of drug-likeness (QED) is 0.283. The SMILES string of the molecule is Oc1c(Cl)cc(Cl)cc1[C@H]1Oc2c(Cl)cc(Cl)cc2[C@@H]2CC(c3ccc4ccccc4c3)=NN12. The first-order valence-electron chi connectivity index (χ1n) is 10.6. The number of fused-ring (bicyclic) bond motifs is 4. The van der Waals surface area contributed by atoms with Crippen molar-refractivity contribution >= 4 is 62.9 Å². The standard InChI is InChI=1S/C26H16Cl4N2O2/c27-16-8-18-23-12-22(15-6-5-13-3-1-2-4-14(13)7-15)31-32(23)26(34-25(18)21(30)11-16)19-9-17(28)10-20(29)24(19)33/h1-11,23,26,33H,12H2/t23-,26+/m0/s1. The molecular weight excluding hydrogens is 514 g/mol. The number of phenols is 1. The van der Waals surface area contributed by atoms with E-state index in [9.17, 15) is 5.11 Å². The molecule has 4 nitrogen and oxygen atoms in total. The highest BCUT2D eigenvalue weighted by Gasteiger charge is 2.43. The lowest BCUT2D eigenvalue weighted by Crippen LogP contribution is -2.34. The van der Waals surface area contributed by atoms with Gasteiger partial charge in [-0.15, -0.1) is 0 Å². The summed E-state index contributed by atoms with van der Waals surface area (Å²) in [6.07, 6.45) is -0.179. The molecule has 170 valence electrons. The summed E-state index contributed by atoms with van der Waals surface area (Å²) in [6.45, 7) is 0. The second-order valence-corrected chi connectivity index (χ2v) is 10.00. The van der Waals surface area contributed by atoms with Crippen LogP contribution in [0.1, 0.15) is 35.4 Å². The lowest BCUT2D eigenvalue weighted by atomic mass is 9.95. The van der Waals surface area contributed by atoms with Gasteiger partial charge in [-0.2, -0.15) is 5.10 Å². The van der Waals surface area contributed by atoms with E-state index in [0.29, 0.717) is 32.8 Å². The maximum absolute atomic E-state index is 10.8. The molecule has 2 aliphatic rings. The minimum Gasteiger partial charge on any atom is -0.506 e. The number of phenolic OH excluding ortho intramolecular Hbond substituents is 1. The van der Waals surface area contributed by atoms with Gasteiger partial charge in [-0.1, -0.05) is 82.8 Å². The number of hydrogen-bond donors (Lipinski definition) is 1. The van der Waals surface area contributed by atoms with E-state index in [1.165, 1.54) is 6.07 Å². The average Bonchev–Trinajstić information content (AvgIpc) is 3.27. The molecule has 0 aliphatic carbocycles. The van der Waals surface area contributed by atoms with Crippen LogP contribution >= 0.6 is 46.4 Å². The maximum atomic E-state index is 10.8. The van der Waals surface area contributed by atoms with Crippen LogP contribution in [0.15, 0.2) is 71.8 Å². The Labute approximate surface area is 215 Å². The summed E-state index contributed by atoms with van der Waals surface area (Å²) in [6, 6.07) is 20.9. The summed E-state index contributed by atoms with van der Waals surface area (Å²) < 4.78 is 6.31. The van der Waals surface area contributed by atoms with E-state index in [4.69, 9.17) is 56.2 Å². The summed E-state index contributed by atoms with van der Waals surface area (Å²) in [5.74, 6) is 0.389. The lowest BCUT2D eigenvalue weighted by Gasteiger charge is -2.38. The molecule has 0 bridgehead atoms. The molecule has 4 aromatic carbocycles. The first kappa shape index (κ1) is 21.9. The number of rotatable bonds is 2. The van der Waals surface area contributed by atoms with Crippen LogP contribution in [-0.4, -0.2) is 15.8 Å². The third kappa shape index (κ3) is 3.57. The molecule has 0 saturated heterocycles. The number of hydrogen-bond acceptors (Lipinski definition) is 4. The maximum Gasteiger partial charge on any atom is 0.217 e. The van der Waals surface area contributed by atoms with Gasteiger partial charge in [0.2, 0.25) is 6.23 Å². The molecule has 0 fully saturated rings. The molecule has 0 aromatic heterocycles. The van der Waals surface area contributed by atoms with Gasteiger partial charge in [-0.3, -0.25) is 0 Å². The van der Waals surface area contributed by atoms with Crippen molar-refractivity contribution in [3.8, 4) is 11.5 Å². The van der Waals surface area contributed by atoms with Crippen LogP contribution in [0.3, 0.4) is 0 Å². The molecular formula is C26H16Cl4N2O2. The molecule has 1 N–H and O–H groups in total. The van der Waals surface area contributed by atoms with Crippen LogP contribution in [0, 0.1) is 0 Å². The molecule has 0 unspecified atom stereocenters. The number of halogens is 4. The van der Waals surface area contributed by atoms with E-state index < -0.39 is 6.23 Å². The Kier molecular flexibility index (Phi) is 5.30. The molecule has 34 heavy (non-hydrogen) atoms. The van der Waals surface area contributed by atoms with Gasteiger partial charge in [-0.25, -0.2) is 5.01 Å². The molecule has 6 rings (SSSR count). The lowest BCUT2D eigenvalue weighted by molar-refractivity contribution is -0.0202. The summed E-state index contributed by atoms with van der Waals surface area (Å²) >= 11 is 25.4. The molecule has 8 heteroatoms. The van der Waals surface area contributed by atoms with Crippen LogP contribution in [0.4, 0.5) is 0 Å². The van der Waals surface area contributed by atoms with Crippen molar-refractivity contribution < 1.29 is 9.84 Å². The van der Waals surface area contributed by atoms with Gasteiger partial charge >= 0.3 is 0 Å². The van der Waals surface area contributed by atoms with Gasteiger partial charge < -0.3 is 9.84 Å². The van der Waals surface area contributed by atoms with Gasteiger partial charge in [-0.05, 0) is 46.7 Å². The van der Waals surface area contributed by atoms with Gasteiger partial charge in [0.1, 0.15) is 11.5 Å². The fourth-order valence-corrected chi connectivity index (χ4v) is 5.70. The first-order chi connectivity index (χ1) is 16.4. The Balaban J connectivity index is 1.51. The highest BCUT2D eigenvalue weighted by Crippen LogP contribution is 2.52. The number of benzene rings is 4. The third-order valence-corrected chi connectivity index (χ3v) is 7.22. The molecule has 2 aliphatic heterocycles. The van der Waals surface area contributed by atoms with E-state index in [0.717, 1.165) is 27.6 Å². The van der Waals surface area contributed by atoms with E-state index in [2.05, 4.69) is 30.3 Å². The Hall–Kier alpha value is -2.63. The number of nitrogens with zero attached hydrogens (tertiary/aromatic N) is 2. The Morgan fingerprint density at radius 2 is 1.53 bits per heavy atom. The van der Waals surface area contributed by atoms with Crippen LogP contribution < -0.4 is 4.74 Å². The minimum absolute atomic E-state index is 0.113. The molecule has 2 atom stereocenters. The zero-order valence-electron chi connectivity index (χ0n) is 17.5. The molecule has 2 heterocycles. The summed E-state index contributed by atoms with van der Waals surface area (Å²) in [7, 11) is 0. The van der Waals surface area contributed by atoms with Crippen molar-refractivity contribution in [3.63, 3.8) is 0 Å². The van der Waals surface area contributed by atoms with Gasteiger partial charge in [0.05, 0.1) is 27.4 Å². The highest BCUT2D eigenvalue weighted by molar-refractivity contribution is 6.36. The van der Waals surface area contributed by atoms with Gasteiger partial charge in [0, 0.05) is 22.0 Å². The molecule has 0 radical (unpaired) electrons. The van der Waals surface area contributed by atoms with Crippen LogP contribution in [-0.2, 0) is 0 Å². The molecule has 4 aromatic rings. The molecule has 0 amide bonds. The predicted molar refractivity (Wildman–Crippen MR) is 138 cm³/mol. The monoisotopic (exact) mass is 528 g/mol. The smallest absolute Gasteiger partial charge is 0.217 e. The van der Waals surface area contributed by atoms with Crippen LogP contribution in [0.2, 0.25) is 20.1 Å². The second-order valence-electron chi connectivity index (χ2n) is 8.31. The highest BCUT2D eigenvalue weighted by atomic mass is 35.5. The van der Waals surface area contributed by atoms with Crippen molar-refractivity contribution in [1.29, 1.82) is 0 Å². The van der Waals surface area contributed by atoms with E-state index in [1.54, 1.807) is 12.1 Å². The van der Waals surface area contributed by atoms with Crippen molar-refractivity contribution in [2.75, 3.05) is 0 Å². The zero-order valence-corrected chi connectivity index (χ0v) is 20.5. The second kappa shape index (κ2) is 8.24. The van der Waals surface area contributed by atoms with Crippen molar-refractivity contribution in [2.24, 2.45) is 5.10 Å². The van der Waals surface area contributed by atoms with Crippen molar-refractivity contribution in [1.82, 2.24) is 5.01 Å². The number of ether oxygens (including phenoxy) is 1. The minimum atomic E-state index is -0.787. The Morgan fingerprint density at radius 3 is 2.32 bits per heavy atom. The molecule has 0 saturated carbocycles. The van der Waals surface area contributed by atoms with Gasteiger partial charge in [0.25, 0.3) is 0 Å². The fourth-order valence-electron chi connectivity index (χ4n) is 4.64. The fraction of sp³-hybridized carbons (Fsp3) is 0.115. The van der Waals surface area contributed by atoms with E-state index >= 15 is 0 Å². The van der Waals surface area contributed by atoms with E-state index in [1.807, 2.05) is 23.2 Å². The molecule has 0 spiro atoms. The van der Waals surface area contributed by atoms with E-state index in [-0.39, 0.29) is 16.8 Å². The predicted octanol–water partition coefficient (Wildman–Crippen LogP) is 8.40. The summed E-state index contributed by atoms with van der Waals surface area (Å²) in [5.41, 5.74) is 3.14. The Morgan fingerprint density at radius 1 is 0.824 bits per heavy atom. The third-order valence-electron chi connectivity index (χ3n) is 6.21. The Bertz CT molecular complexity index is 1500. The van der Waals surface area contributed by atoms with Crippen LogP contribution in [0.5, 0.6) is 11.5 Å². The summed E-state index contributed by atoms with van der Waals surface area (Å²) in [5, 5.41) is 21.2. The largest absolute Gasteiger partial charge is 0.506 e. The number of hydrazone groups is 1. The summed E-state index contributed by atoms with van der Waals surface area (Å²) in [4.78, 5) is 0. The number of aromatic hydroxyl groups is 1. The normalized spacial score (nSPS) is 18.9. The van der Waals surface area contributed by atoms with Crippen molar-refractivity contribution in [2.45, 2.75) is 18.7 Å². The zero-order chi connectivity index (χ0) is 23.6. The van der Waals surface area contributed by atoms with Crippen molar-refractivity contribution in [3.05, 3.63) is 104 Å².